The number of ether oxygens (including phenoxy) is 1. The van der Waals surface area contributed by atoms with Crippen molar-refractivity contribution in [3.8, 4) is 39.1 Å². The molecule has 8 aromatic carbocycles. The van der Waals surface area contributed by atoms with Crippen molar-refractivity contribution < 1.29 is 4.74 Å². The molecule has 1 aliphatic heterocycles. The highest BCUT2D eigenvalue weighted by Gasteiger charge is 2.46. The van der Waals surface area contributed by atoms with E-state index < -0.39 is 5.41 Å². The van der Waals surface area contributed by atoms with Crippen LogP contribution < -0.4 is 9.64 Å². The average molecular weight is 705 g/mol. The molecule has 0 saturated carbocycles. The van der Waals surface area contributed by atoms with Gasteiger partial charge in [0.2, 0.25) is 0 Å². The van der Waals surface area contributed by atoms with E-state index in [4.69, 9.17) is 4.74 Å². The van der Waals surface area contributed by atoms with Crippen molar-refractivity contribution in [3.63, 3.8) is 0 Å². The van der Waals surface area contributed by atoms with E-state index in [1.165, 1.54) is 60.8 Å². The maximum Gasteiger partial charge on any atom is 0.198 e. The molecule has 0 N–H and O–H groups in total. The van der Waals surface area contributed by atoms with Crippen molar-refractivity contribution in [2.75, 3.05) is 11.9 Å². The van der Waals surface area contributed by atoms with E-state index in [1.807, 2.05) is 12.3 Å². The van der Waals surface area contributed by atoms with Gasteiger partial charge in [-0.25, -0.2) is 0 Å². The Labute approximate surface area is 320 Å². The van der Waals surface area contributed by atoms with Crippen LogP contribution in [-0.2, 0) is 5.41 Å². The number of rotatable bonds is 5. The molecule has 9 aromatic rings. The molecule has 3 nitrogen and oxygen atoms in total. The smallest absolute Gasteiger partial charge is 0.198 e. The molecule has 55 heavy (non-hydrogen) atoms. The van der Waals surface area contributed by atoms with Crippen LogP contribution >= 0.6 is 0 Å². The van der Waals surface area contributed by atoms with Gasteiger partial charge in [0.25, 0.3) is 0 Å². The summed E-state index contributed by atoms with van der Waals surface area (Å²) in [4.78, 5) is 6.72. The van der Waals surface area contributed by atoms with Gasteiger partial charge in [-0.1, -0.05) is 152 Å². The van der Waals surface area contributed by atoms with Gasteiger partial charge in [0, 0.05) is 24.2 Å². The Morgan fingerprint density at radius 3 is 1.87 bits per heavy atom. The van der Waals surface area contributed by atoms with E-state index in [1.54, 1.807) is 0 Å². The lowest BCUT2D eigenvalue weighted by Gasteiger charge is -2.34. The maximum atomic E-state index is 6.69. The zero-order valence-corrected chi connectivity index (χ0v) is 30.4. The van der Waals surface area contributed by atoms with Crippen molar-refractivity contribution >= 4 is 27.4 Å². The molecular formula is C52H36N2O. The highest BCUT2D eigenvalue weighted by molar-refractivity contribution is 6.05. The zero-order chi connectivity index (χ0) is 36.5. The number of benzene rings is 8. The summed E-state index contributed by atoms with van der Waals surface area (Å²) in [6, 6.07) is 68.6. The van der Waals surface area contributed by atoms with Crippen LogP contribution in [-0.4, -0.2) is 12.0 Å². The minimum absolute atomic E-state index is 0.209. The van der Waals surface area contributed by atoms with Gasteiger partial charge in [-0.3, -0.25) is 4.98 Å². The quantitative estimate of drug-likeness (QED) is 0.178. The summed E-state index contributed by atoms with van der Waals surface area (Å²) in [5, 5.41) is 3.55. The number of hydrogen-bond acceptors (Lipinski definition) is 3. The van der Waals surface area contributed by atoms with Crippen LogP contribution in [0.4, 0.5) is 5.69 Å². The number of nitrogens with zero attached hydrogens (tertiary/aromatic N) is 2. The van der Waals surface area contributed by atoms with Crippen LogP contribution in [0.5, 0.6) is 5.75 Å². The number of fused-ring (bicyclic) bond motifs is 6. The molecule has 0 amide bonds. The third-order valence-electron chi connectivity index (χ3n) is 11.8. The summed E-state index contributed by atoms with van der Waals surface area (Å²) in [6.07, 6.45) is 1.62. The van der Waals surface area contributed by atoms with E-state index in [2.05, 4.69) is 199 Å². The molecule has 260 valence electrons. The zero-order valence-electron chi connectivity index (χ0n) is 30.4. The summed E-state index contributed by atoms with van der Waals surface area (Å²) < 4.78 is 6.69. The predicted octanol–water partition coefficient (Wildman–Crippen LogP) is 12.6. The van der Waals surface area contributed by atoms with Crippen molar-refractivity contribution in [1.29, 1.82) is 0 Å². The standard InChI is InChI=1S/C52H36N2O/c1-54-49-29-24-35(33-50(49)55-51(54)37-23-28-48-36(31-37)13-12-30-53-48)41-27-26-40(42-18-8-9-19-43(41)42)34-22-25-45-44-20-10-11-21-46(44)52(47(45)32-34,38-14-4-2-5-15-38)39-16-6-3-7-17-39/h2-33,51H,1H3. The summed E-state index contributed by atoms with van der Waals surface area (Å²) >= 11 is 0. The van der Waals surface area contributed by atoms with Gasteiger partial charge < -0.3 is 9.64 Å². The fraction of sp³-hybridized carbons (Fsp3) is 0.0577. The Bertz CT molecular complexity index is 2900. The van der Waals surface area contributed by atoms with Crippen LogP contribution in [0, 0.1) is 0 Å². The normalized spacial score (nSPS) is 15.1. The van der Waals surface area contributed by atoms with E-state index in [9.17, 15) is 0 Å². The Morgan fingerprint density at radius 2 is 1.13 bits per heavy atom. The van der Waals surface area contributed by atoms with Crippen LogP contribution in [0.2, 0.25) is 0 Å². The molecule has 0 fully saturated rings. The number of pyridine rings is 1. The molecule has 1 unspecified atom stereocenters. The van der Waals surface area contributed by atoms with Crippen molar-refractivity contribution in [1.82, 2.24) is 4.98 Å². The van der Waals surface area contributed by atoms with Crippen LogP contribution in [0.3, 0.4) is 0 Å². The Kier molecular flexibility index (Phi) is 7.05. The highest BCUT2D eigenvalue weighted by atomic mass is 16.5. The van der Waals surface area contributed by atoms with Gasteiger partial charge in [0.1, 0.15) is 5.75 Å². The molecule has 3 heteroatoms. The van der Waals surface area contributed by atoms with E-state index >= 15 is 0 Å². The predicted molar refractivity (Wildman–Crippen MR) is 226 cm³/mol. The minimum Gasteiger partial charge on any atom is -0.464 e. The SMILES string of the molecule is CN1c2ccc(-c3ccc(-c4ccc5c(c4)C(c4ccccc4)(c4ccccc4)c4ccccc4-5)c4ccccc34)cc2OC1c1ccc2ncccc2c1. The van der Waals surface area contributed by atoms with Crippen molar-refractivity contribution in [2.45, 2.75) is 11.6 Å². The van der Waals surface area contributed by atoms with Gasteiger partial charge in [0.05, 0.1) is 16.6 Å². The molecule has 2 aliphatic rings. The Hall–Kier alpha value is -6.97. The molecule has 0 radical (unpaired) electrons. The molecule has 1 atom stereocenters. The van der Waals surface area contributed by atoms with Crippen LogP contribution in [0.25, 0.3) is 55.1 Å². The minimum atomic E-state index is -0.445. The molecule has 0 bridgehead atoms. The number of aromatic nitrogens is 1. The van der Waals surface area contributed by atoms with E-state index in [0.29, 0.717) is 0 Å². The molecule has 1 aliphatic carbocycles. The first-order valence-electron chi connectivity index (χ1n) is 18.9. The fourth-order valence-corrected chi connectivity index (χ4v) is 9.35. The average Bonchev–Trinajstić information content (AvgIpc) is 3.75. The van der Waals surface area contributed by atoms with Crippen molar-refractivity contribution in [3.05, 3.63) is 222 Å². The summed E-state index contributed by atoms with van der Waals surface area (Å²) in [7, 11) is 2.10. The van der Waals surface area contributed by atoms with Gasteiger partial charge in [-0.2, -0.15) is 0 Å². The number of anilines is 1. The summed E-state index contributed by atoms with van der Waals surface area (Å²) in [5.41, 5.74) is 15.2. The topological polar surface area (TPSA) is 25.4 Å². The number of hydrogen-bond donors (Lipinski definition) is 0. The van der Waals surface area contributed by atoms with Gasteiger partial charge in [-0.15, -0.1) is 0 Å². The molecule has 0 saturated heterocycles. The Balaban J connectivity index is 1.03. The maximum absolute atomic E-state index is 6.69. The largest absolute Gasteiger partial charge is 0.464 e. The second-order valence-electron chi connectivity index (χ2n) is 14.7. The third kappa shape index (κ3) is 4.73. The highest BCUT2D eigenvalue weighted by Crippen LogP contribution is 2.57. The van der Waals surface area contributed by atoms with Crippen LogP contribution in [0.1, 0.15) is 34.0 Å². The second kappa shape index (κ2) is 12.3. The summed E-state index contributed by atoms with van der Waals surface area (Å²) in [5.74, 6) is 0.890. The monoisotopic (exact) mass is 704 g/mol. The lowest BCUT2D eigenvalue weighted by Crippen LogP contribution is -2.28. The summed E-state index contributed by atoms with van der Waals surface area (Å²) in [6.45, 7) is 0. The fourth-order valence-electron chi connectivity index (χ4n) is 9.35. The lowest BCUT2D eigenvalue weighted by atomic mass is 9.67. The lowest BCUT2D eigenvalue weighted by molar-refractivity contribution is 0.235. The molecule has 0 spiro atoms. The van der Waals surface area contributed by atoms with E-state index in [-0.39, 0.29) is 6.23 Å². The van der Waals surface area contributed by atoms with E-state index in [0.717, 1.165) is 33.5 Å². The first kappa shape index (κ1) is 31.5. The third-order valence-corrected chi connectivity index (χ3v) is 11.8. The molecule has 1 aromatic heterocycles. The first-order chi connectivity index (χ1) is 27.2. The van der Waals surface area contributed by atoms with Gasteiger partial charge >= 0.3 is 0 Å². The Morgan fingerprint density at radius 1 is 0.509 bits per heavy atom. The second-order valence-corrected chi connectivity index (χ2v) is 14.7. The molecule has 2 heterocycles. The first-order valence-corrected chi connectivity index (χ1v) is 18.9. The van der Waals surface area contributed by atoms with Gasteiger partial charge in [0.15, 0.2) is 6.23 Å². The van der Waals surface area contributed by atoms with Gasteiger partial charge in [-0.05, 0) is 103 Å². The molecule has 11 rings (SSSR count). The van der Waals surface area contributed by atoms with Crippen molar-refractivity contribution in [2.24, 2.45) is 0 Å². The molecular weight excluding hydrogens is 669 g/mol. The van der Waals surface area contributed by atoms with Crippen LogP contribution in [0.15, 0.2) is 194 Å².